The highest BCUT2D eigenvalue weighted by atomic mass is 32.1. The van der Waals surface area contributed by atoms with Crippen LogP contribution in [0, 0.1) is 5.41 Å². The number of ether oxygens (including phenoxy) is 1. The van der Waals surface area contributed by atoms with Gasteiger partial charge in [-0.1, -0.05) is 26.1 Å². The maximum absolute atomic E-state index is 12.1. The molecule has 0 aromatic carbocycles. The monoisotopic (exact) mass is 289 g/mol. The predicted molar refractivity (Wildman–Crippen MR) is 77.7 cm³/mol. The summed E-state index contributed by atoms with van der Waals surface area (Å²) in [4.78, 5) is 23.7. The van der Waals surface area contributed by atoms with Crippen LogP contribution in [0.1, 0.15) is 26.7 Å². The van der Waals surface area contributed by atoms with Crippen molar-refractivity contribution in [1.29, 1.82) is 0 Å². The van der Waals surface area contributed by atoms with E-state index in [1.165, 1.54) is 0 Å². The molecule has 0 saturated heterocycles. The van der Waals surface area contributed by atoms with Gasteiger partial charge in [0.05, 0.1) is 23.6 Å². The molecule has 0 fully saturated rings. The van der Waals surface area contributed by atoms with Crippen molar-refractivity contribution in [1.82, 2.24) is 10.6 Å². The van der Waals surface area contributed by atoms with Crippen LogP contribution in [0.15, 0.2) is 0 Å². The van der Waals surface area contributed by atoms with Gasteiger partial charge in [-0.25, -0.2) is 0 Å². The zero-order valence-corrected chi connectivity index (χ0v) is 12.6. The number of hydrogen-bond donors (Lipinski definition) is 3. The minimum atomic E-state index is -0.873. The fourth-order valence-corrected chi connectivity index (χ4v) is 2.10. The molecule has 0 spiro atoms. The van der Waals surface area contributed by atoms with Gasteiger partial charge in [-0.15, -0.1) is 0 Å². The maximum atomic E-state index is 12.1. The normalized spacial score (nSPS) is 10.9. The highest BCUT2D eigenvalue weighted by Gasteiger charge is 2.37. The van der Waals surface area contributed by atoms with Gasteiger partial charge in [-0.2, -0.15) is 0 Å². The van der Waals surface area contributed by atoms with Crippen molar-refractivity contribution >= 4 is 29.0 Å². The molecular weight excluding hydrogens is 266 g/mol. The molecular formula is C12H23N3O3S. The summed E-state index contributed by atoms with van der Waals surface area (Å²) in [6.45, 7) is 4.45. The summed E-state index contributed by atoms with van der Waals surface area (Å²) in [7, 11) is 1.55. The van der Waals surface area contributed by atoms with Crippen LogP contribution in [0.2, 0.25) is 0 Å². The maximum Gasteiger partial charge on any atom is 0.239 e. The van der Waals surface area contributed by atoms with Gasteiger partial charge in [0.15, 0.2) is 0 Å². The minimum absolute atomic E-state index is 0.0904. The number of methoxy groups -OCH3 is 1. The molecule has 0 rings (SSSR count). The van der Waals surface area contributed by atoms with E-state index in [1.54, 1.807) is 7.11 Å². The third kappa shape index (κ3) is 5.12. The van der Waals surface area contributed by atoms with Crippen LogP contribution in [0.25, 0.3) is 0 Å². The standard InChI is InChI=1S/C12H23N3O3S/c1-4-12(5-2,10(13)19)11(17)15-8-9(16)14-6-7-18-3/h4-8H2,1-3H3,(H2,13,19)(H,14,16)(H,15,17). The zero-order chi connectivity index (χ0) is 14.9. The first-order valence-electron chi connectivity index (χ1n) is 6.28. The lowest BCUT2D eigenvalue weighted by molar-refractivity contribution is -0.130. The van der Waals surface area contributed by atoms with Gasteiger partial charge in [-0.3, -0.25) is 9.59 Å². The lowest BCUT2D eigenvalue weighted by Gasteiger charge is -2.28. The largest absolute Gasteiger partial charge is 0.392 e. The number of carbonyl (C=O) groups is 2. The predicted octanol–water partition coefficient (Wildman–Crippen LogP) is -0.0423. The third-order valence-corrected chi connectivity index (χ3v) is 3.54. The van der Waals surface area contributed by atoms with E-state index < -0.39 is 5.41 Å². The smallest absolute Gasteiger partial charge is 0.239 e. The molecule has 0 aliphatic carbocycles. The lowest BCUT2D eigenvalue weighted by Crippen LogP contribution is -2.50. The molecule has 0 atom stereocenters. The molecule has 2 amide bonds. The van der Waals surface area contributed by atoms with Gasteiger partial charge in [0.1, 0.15) is 0 Å². The number of nitrogens with two attached hydrogens (primary N) is 1. The first kappa shape index (κ1) is 17.8. The second-order valence-electron chi connectivity index (χ2n) is 4.18. The van der Waals surface area contributed by atoms with Crippen molar-refractivity contribution in [3.05, 3.63) is 0 Å². The van der Waals surface area contributed by atoms with Crippen LogP contribution >= 0.6 is 12.2 Å². The minimum Gasteiger partial charge on any atom is -0.392 e. The van der Waals surface area contributed by atoms with Gasteiger partial charge in [-0.05, 0) is 12.8 Å². The Bertz CT molecular complexity index is 330. The third-order valence-electron chi connectivity index (χ3n) is 3.15. The van der Waals surface area contributed by atoms with Crippen LogP contribution < -0.4 is 16.4 Å². The van der Waals surface area contributed by atoms with E-state index in [0.29, 0.717) is 26.0 Å². The number of carbonyl (C=O) groups excluding carboxylic acids is 2. The van der Waals surface area contributed by atoms with Gasteiger partial charge in [0.2, 0.25) is 11.8 Å². The van der Waals surface area contributed by atoms with Gasteiger partial charge in [0.25, 0.3) is 0 Å². The van der Waals surface area contributed by atoms with E-state index in [4.69, 9.17) is 22.7 Å². The number of amides is 2. The Hall–Kier alpha value is -1.21. The second kappa shape index (κ2) is 8.82. The summed E-state index contributed by atoms with van der Waals surface area (Å²) >= 11 is 4.97. The molecule has 0 aromatic rings. The van der Waals surface area contributed by atoms with E-state index in [2.05, 4.69) is 10.6 Å². The SMILES string of the molecule is CCC(CC)(C(=O)NCC(=O)NCCOC)C(N)=S. The second-order valence-corrected chi connectivity index (χ2v) is 4.62. The molecule has 7 heteroatoms. The van der Waals surface area contributed by atoms with Crippen molar-refractivity contribution in [3.8, 4) is 0 Å². The highest BCUT2D eigenvalue weighted by Crippen LogP contribution is 2.26. The van der Waals surface area contributed by atoms with Gasteiger partial charge in [0, 0.05) is 13.7 Å². The molecule has 0 radical (unpaired) electrons. The average molecular weight is 289 g/mol. The molecule has 19 heavy (non-hydrogen) atoms. The quantitative estimate of drug-likeness (QED) is 0.409. The average Bonchev–Trinajstić information content (AvgIpc) is 2.38. The summed E-state index contributed by atoms with van der Waals surface area (Å²) in [6, 6.07) is 0. The Balaban J connectivity index is 4.35. The van der Waals surface area contributed by atoms with Crippen LogP contribution in [0.5, 0.6) is 0 Å². The summed E-state index contributed by atoms with van der Waals surface area (Å²) in [5.74, 6) is -0.568. The Morgan fingerprint density at radius 2 is 1.84 bits per heavy atom. The molecule has 110 valence electrons. The molecule has 0 unspecified atom stereocenters. The van der Waals surface area contributed by atoms with Crippen molar-refractivity contribution in [3.63, 3.8) is 0 Å². The first-order valence-corrected chi connectivity index (χ1v) is 6.69. The molecule has 0 bridgehead atoms. The van der Waals surface area contributed by atoms with Crippen molar-refractivity contribution in [2.24, 2.45) is 11.1 Å². The summed E-state index contributed by atoms with van der Waals surface area (Å²) in [5.41, 5.74) is 4.78. The molecule has 0 aromatic heterocycles. The van der Waals surface area contributed by atoms with E-state index >= 15 is 0 Å². The topological polar surface area (TPSA) is 93.5 Å². The van der Waals surface area contributed by atoms with Crippen LogP contribution in [0.4, 0.5) is 0 Å². The summed E-state index contributed by atoms with van der Waals surface area (Å²) in [6.07, 6.45) is 1.02. The Labute approximate surface area is 119 Å². The molecule has 4 N–H and O–H groups in total. The fraction of sp³-hybridized carbons (Fsp3) is 0.750. The Kier molecular flexibility index (Phi) is 8.26. The van der Waals surface area contributed by atoms with E-state index in [-0.39, 0.29) is 23.3 Å². The fourth-order valence-electron chi connectivity index (χ4n) is 1.72. The Morgan fingerprint density at radius 3 is 2.26 bits per heavy atom. The van der Waals surface area contributed by atoms with Gasteiger partial charge < -0.3 is 21.1 Å². The van der Waals surface area contributed by atoms with Crippen LogP contribution in [-0.4, -0.2) is 43.6 Å². The summed E-state index contributed by atoms with van der Waals surface area (Å²) in [5, 5.41) is 5.19. The lowest BCUT2D eigenvalue weighted by atomic mass is 9.81. The summed E-state index contributed by atoms with van der Waals surface area (Å²) < 4.78 is 4.80. The zero-order valence-electron chi connectivity index (χ0n) is 11.7. The molecule has 6 nitrogen and oxygen atoms in total. The van der Waals surface area contributed by atoms with Crippen molar-refractivity contribution < 1.29 is 14.3 Å². The van der Waals surface area contributed by atoms with Crippen molar-refractivity contribution in [2.45, 2.75) is 26.7 Å². The number of hydrogen-bond acceptors (Lipinski definition) is 4. The van der Waals surface area contributed by atoms with Gasteiger partial charge >= 0.3 is 0 Å². The first-order chi connectivity index (χ1) is 8.94. The van der Waals surface area contributed by atoms with E-state index in [0.717, 1.165) is 0 Å². The molecule has 0 saturated carbocycles. The number of nitrogens with one attached hydrogen (secondary N) is 2. The Morgan fingerprint density at radius 1 is 1.26 bits per heavy atom. The van der Waals surface area contributed by atoms with E-state index in [9.17, 15) is 9.59 Å². The van der Waals surface area contributed by atoms with Crippen LogP contribution in [-0.2, 0) is 14.3 Å². The van der Waals surface area contributed by atoms with E-state index in [1.807, 2.05) is 13.8 Å². The molecule has 0 aliphatic rings. The highest BCUT2D eigenvalue weighted by molar-refractivity contribution is 7.80. The van der Waals surface area contributed by atoms with Crippen molar-refractivity contribution in [2.75, 3.05) is 26.8 Å². The molecule has 0 aliphatic heterocycles. The molecule has 0 heterocycles. The van der Waals surface area contributed by atoms with Crippen LogP contribution in [0.3, 0.4) is 0 Å². The number of rotatable bonds is 9. The number of thiocarbonyl (C=S) groups is 1.